The molecule has 84 valence electrons. The summed E-state index contributed by atoms with van der Waals surface area (Å²) in [7, 11) is 0. The summed E-state index contributed by atoms with van der Waals surface area (Å²) in [6.07, 6.45) is 0.905. The summed E-state index contributed by atoms with van der Waals surface area (Å²) in [5, 5.41) is 17.2. The fraction of sp³-hybridized carbons (Fsp3) is 0.455. The lowest BCUT2D eigenvalue weighted by Gasteiger charge is -2.24. The predicted molar refractivity (Wildman–Crippen MR) is 56.3 cm³/mol. The van der Waals surface area contributed by atoms with Crippen LogP contribution >= 0.6 is 0 Å². The zero-order valence-corrected chi connectivity index (χ0v) is 9.15. The van der Waals surface area contributed by atoms with E-state index in [1.54, 1.807) is 12.1 Å². The first kappa shape index (κ1) is 11.8. The van der Waals surface area contributed by atoms with E-state index in [0.717, 1.165) is 12.0 Å². The molecule has 0 unspecified atom stereocenters. The summed E-state index contributed by atoms with van der Waals surface area (Å²) in [5.74, 6) is 0.531. The second kappa shape index (κ2) is 4.51. The van der Waals surface area contributed by atoms with Gasteiger partial charge in [-0.15, -0.1) is 0 Å². The second-order valence-corrected chi connectivity index (χ2v) is 4.08. The zero-order chi connectivity index (χ0) is 11.5. The Bertz CT molecular complexity index is 333. The topological polar surface area (TPSA) is 58.9 Å². The first-order valence-electron chi connectivity index (χ1n) is 4.82. The Hall–Kier alpha value is -1.26. The largest absolute Gasteiger partial charge is 0.340 e. The van der Waals surface area contributed by atoms with Crippen LogP contribution in [-0.2, 0) is 5.41 Å². The molecule has 0 bridgehead atoms. The number of rotatable bonds is 4. The van der Waals surface area contributed by atoms with Crippen molar-refractivity contribution in [2.24, 2.45) is 0 Å². The zero-order valence-electron chi connectivity index (χ0n) is 9.15. The van der Waals surface area contributed by atoms with Crippen LogP contribution in [0.1, 0.15) is 32.8 Å². The van der Waals surface area contributed by atoms with Crippen LogP contribution in [0.25, 0.3) is 0 Å². The van der Waals surface area contributed by atoms with Crippen LogP contribution in [0.15, 0.2) is 18.2 Å². The highest BCUT2D eigenvalue weighted by molar-refractivity contribution is 5.44. The monoisotopic (exact) mass is 212 g/mol. The van der Waals surface area contributed by atoms with Crippen molar-refractivity contribution >= 4 is 0 Å². The third-order valence-electron chi connectivity index (χ3n) is 2.77. The van der Waals surface area contributed by atoms with E-state index < -0.39 is 0 Å². The third kappa shape index (κ3) is 2.40. The Morgan fingerprint density at radius 3 is 2.33 bits per heavy atom. The summed E-state index contributed by atoms with van der Waals surface area (Å²) >= 11 is 0. The molecule has 0 atom stereocenters. The minimum atomic E-state index is -0.105. The first-order chi connectivity index (χ1) is 7.05. The molecule has 1 aromatic rings. The summed E-state index contributed by atoms with van der Waals surface area (Å²) in [6, 6.07) is 4.82. The number of hydrogen-bond donors (Lipinski definition) is 2. The van der Waals surface area contributed by atoms with Crippen LogP contribution in [-0.4, -0.2) is 10.5 Å². The van der Waals surface area contributed by atoms with Gasteiger partial charge in [-0.2, -0.15) is 0 Å². The van der Waals surface area contributed by atoms with Gasteiger partial charge in [0.1, 0.15) is 0 Å². The minimum Gasteiger partial charge on any atom is -0.340 e. The fourth-order valence-electron chi connectivity index (χ4n) is 1.38. The van der Waals surface area contributed by atoms with Gasteiger partial charge < -0.3 is 9.78 Å². The van der Waals surface area contributed by atoms with E-state index in [2.05, 4.69) is 16.7 Å². The number of benzene rings is 1. The Kier molecular flexibility index (Phi) is 3.55. The van der Waals surface area contributed by atoms with Crippen molar-refractivity contribution in [1.82, 2.24) is 0 Å². The van der Waals surface area contributed by atoms with Crippen LogP contribution in [0.3, 0.4) is 0 Å². The molecule has 0 saturated heterocycles. The molecule has 0 aliphatic carbocycles. The highest BCUT2D eigenvalue weighted by Gasteiger charge is 2.23. The Morgan fingerprint density at radius 1 is 1.20 bits per heavy atom. The summed E-state index contributed by atoms with van der Waals surface area (Å²) in [6.45, 7) is 6.15. The molecule has 0 saturated carbocycles. The van der Waals surface area contributed by atoms with Crippen LogP contribution in [0.5, 0.6) is 11.5 Å². The number of hydrogen-bond acceptors (Lipinski definition) is 4. The molecular formula is C11H16O4. The van der Waals surface area contributed by atoms with Gasteiger partial charge in [-0.3, -0.25) is 0 Å². The van der Waals surface area contributed by atoms with E-state index in [4.69, 9.17) is 10.5 Å². The predicted octanol–water partition coefficient (Wildman–Crippen LogP) is 3.08. The van der Waals surface area contributed by atoms with E-state index in [1.165, 1.54) is 6.07 Å². The quantitative estimate of drug-likeness (QED) is 0.594. The standard InChI is InChI=1S/C11H16O4/c1-4-11(2,3)9-6-5-8(14-12)7-10(9)15-13/h5-7,12-13H,4H2,1-3H3. The first-order valence-corrected chi connectivity index (χ1v) is 4.82. The Balaban J connectivity index is 3.18. The minimum absolute atomic E-state index is 0.105. The maximum absolute atomic E-state index is 8.76. The molecule has 0 radical (unpaired) electrons. The van der Waals surface area contributed by atoms with Gasteiger partial charge in [0.05, 0.1) is 0 Å². The lowest BCUT2D eigenvalue weighted by atomic mass is 9.82. The Morgan fingerprint density at radius 2 is 1.87 bits per heavy atom. The maximum Gasteiger partial charge on any atom is 0.172 e. The van der Waals surface area contributed by atoms with Crippen molar-refractivity contribution in [3.8, 4) is 11.5 Å². The lowest BCUT2D eigenvalue weighted by molar-refractivity contribution is -0.145. The lowest BCUT2D eigenvalue weighted by Crippen LogP contribution is -2.16. The fourth-order valence-corrected chi connectivity index (χ4v) is 1.38. The molecular weight excluding hydrogens is 196 g/mol. The van der Waals surface area contributed by atoms with Crippen LogP contribution in [0.2, 0.25) is 0 Å². The van der Waals surface area contributed by atoms with Crippen molar-refractivity contribution in [3.05, 3.63) is 23.8 Å². The van der Waals surface area contributed by atoms with Gasteiger partial charge in [-0.05, 0) is 17.9 Å². The molecule has 4 nitrogen and oxygen atoms in total. The van der Waals surface area contributed by atoms with Gasteiger partial charge in [0.15, 0.2) is 11.5 Å². The average Bonchev–Trinajstić information content (AvgIpc) is 2.28. The normalized spacial score (nSPS) is 11.3. The molecule has 1 rings (SSSR count). The molecule has 0 spiro atoms. The molecule has 1 aromatic carbocycles. The van der Waals surface area contributed by atoms with E-state index in [0.29, 0.717) is 5.75 Å². The van der Waals surface area contributed by atoms with E-state index in [-0.39, 0.29) is 11.2 Å². The van der Waals surface area contributed by atoms with Gasteiger partial charge in [0.2, 0.25) is 0 Å². The molecule has 15 heavy (non-hydrogen) atoms. The van der Waals surface area contributed by atoms with Crippen LogP contribution in [0, 0.1) is 0 Å². The van der Waals surface area contributed by atoms with Gasteiger partial charge in [-0.1, -0.05) is 26.8 Å². The second-order valence-electron chi connectivity index (χ2n) is 4.08. The Labute approximate surface area is 88.9 Å². The smallest absolute Gasteiger partial charge is 0.172 e. The van der Waals surface area contributed by atoms with Crippen molar-refractivity contribution < 1.29 is 20.3 Å². The highest BCUT2D eigenvalue weighted by Crippen LogP contribution is 2.36. The van der Waals surface area contributed by atoms with Gasteiger partial charge in [0.25, 0.3) is 0 Å². The molecule has 0 heterocycles. The van der Waals surface area contributed by atoms with Crippen molar-refractivity contribution in [1.29, 1.82) is 0 Å². The molecule has 0 amide bonds. The summed E-state index contributed by atoms with van der Waals surface area (Å²) < 4.78 is 0. The van der Waals surface area contributed by atoms with Gasteiger partial charge in [0, 0.05) is 11.6 Å². The summed E-state index contributed by atoms with van der Waals surface area (Å²) in [5.41, 5.74) is 0.764. The maximum atomic E-state index is 8.76. The van der Waals surface area contributed by atoms with Crippen molar-refractivity contribution in [2.45, 2.75) is 32.6 Å². The molecule has 0 fully saturated rings. The van der Waals surface area contributed by atoms with Crippen molar-refractivity contribution in [3.63, 3.8) is 0 Å². The van der Waals surface area contributed by atoms with Gasteiger partial charge >= 0.3 is 0 Å². The van der Waals surface area contributed by atoms with Gasteiger partial charge in [-0.25, -0.2) is 10.5 Å². The third-order valence-corrected chi connectivity index (χ3v) is 2.77. The molecule has 0 aliphatic heterocycles. The van der Waals surface area contributed by atoms with Crippen LogP contribution < -0.4 is 9.78 Å². The van der Waals surface area contributed by atoms with E-state index >= 15 is 0 Å². The van der Waals surface area contributed by atoms with Crippen LogP contribution in [0.4, 0.5) is 0 Å². The van der Waals surface area contributed by atoms with E-state index in [1.807, 2.05) is 13.8 Å². The molecule has 0 aromatic heterocycles. The molecule has 0 aliphatic rings. The SMILES string of the molecule is CCC(C)(C)c1ccc(OO)cc1OO. The molecule has 2 N–H and O–H groups in total. The van der Waals surface area contributed by atoms with E-state index in [9.17, 15) is 0 Å². The highest BCUT2D eigenvalue weighted by atomic mass is 17.1. The molecule has 4 heteroatoms. The average molecular weight is 212 g/mol. The van der Waals surface area contributed by atoms with Crippen molar-refractivity contribution in [2.75, 3.05) is 0 Å². The summed E-state index contributed by atoms with van der Waals surface area (Å²) in [4.78, 5) is 8.35.